The number of hydrogen-bond donors (Lipinski definition) is 1. The third-order valence-electron chi connectivity index (χ3n) is 3.29. The van der Waals surface area contributed by atoms with Gasteiger partial charge in [0.05, 0.1) is 22.5 Å². The molecular formula is C15H26ClN3O2. The van der Waals surface area contributed by atoms with Crippen LogP contribution in [-0.2, 0) is 9.53 Å². The first-order valence-corrected chi connectivity index (χ1v) is 7.86. The van der Waals surface area contributed by atoms with Gasteiger partial charge in [0.2, 0.25) is 5.91 Å². The SMILES string of the molecule is CCC(C(=O)NCCCOC(C)C)n1nc(C)c(Cl)c1C. The van der Waals surface area contributed by atoms with Gasteiger partial charge in [0.15, 0.2) is 0 Å². The summed E-state index contributed by atoms with van der Waals surface area (Å²) < 4.78 is 7.17. The van der Waals surface area contributed by atoms with E-state index in [1.54, 1.807) is 4.68 Å². The van der Waals surface area contributed by atoms with Gasteiger partial charge < -0.3 is 10.1 Å². The van der Waals surface area contributed by atoms with Crippen LogP contribution in [0.15, 0.2) is 0 Å². The molecule has 1 amide bonds. The Morgan fingerprint density at radius 3 is 2.57 bits per heavy atom. The maximum atomic E-state index is 12.3. The highest BCUT2D eigenvalue weighted by molar-refractivity contribution is 6.31. The molecule has 1 atom stereocenters. The van der Waals surface area contributed by atoms with E-state index >= 15 is 0 Å². The smallest absolute Gasteiger partial charge is 0.244 e. The van der Waals surface area contributed by atoms with E-state index in [-0.39, 0.29) is 18.1 Å². The monoisotopic (exact) mass is 315 g/mol. The lowest BCUT2D eigenvalue weighted by molar-refractivity contribution is -0.124. The topological polar surface area (TPSA) is 56.1 Å². The quantitative estimate of drug-likeness (QED) is 0.750. The average Bonchev–Trinajstić information content (AvgIpc) is 2.67. The van der Waals surface area contributed by atoms with Crippen molar-refractivity contribution < 1.29 is 9.53 Å². The third-order valence-corrected chi connectivity index (χ3v) is 3.84. The van der Waals surface area contributed by atoms with Gasteiger partial charge in [-0.05, 0) is 40.5 Å². The summed E-state index contributed by atoms with van der Waals surface area (Å²) >= 11 is 6.15. The maximum absolute atomic E-state index is 12.3. The first-order valence-electron chi connectivity index (χ1n) is 7.49. The molecule has 1 rings (SSSR count). The summed E-state index contributed by atoms with van der Waals surface area (Å²) in [7, 11) is 0. The molecule has 1 heterocycles. The molecule has 0 radical (unpaired) electrons. The molecule has 0 fully saturated rings. The van der Waals surface area contributed by atoms with Gasteiger partial charge >= 0.3 is 0 Å². The summed E-state index contributed by atoms with van der Waals surface area (Å²) in [5.41, 5.74) is 1.59. The summed E-state index contributed by atoms with van der Waals surface area (Å²) in [6.07, 6.45) is 1.70. The van der Waals surface area contributed by atoms with Gasteiger partial charge in [-0.1, -0.05) is 18.5 Å². The Hall–Kier alpha value is -1.07. The van der Waals surface area contributed by atoms with Gasteiger partial charge in [0.25, 0.3) is 0 Å². The van der Waals surface area contributed by atoms with E-state index in [4.69, 9.17) is 16.3 Å². The van der Waals surface area contributed by atoms with E-state index in [9.17, 15) is 4.79 Å². The Morgan fingerprint density at radius 1 is 1.43 bits per heavy atom. The molecule has 0 saturated carbocycles. The number of aromatic nitrogens is 2. The van der Waals surface area contributed by atoms with Crippen molar-refractivity contribution in [3.8, 4) is 0 Å². The highest BCUT2D eigenvalue weighted by atomic mass is 35.5. The normalized spacial score (nSPS) is 12.7. The molecule has 6 heteroatoms. The molecule has 0 spiro atoms. The van der Waals surface area contributed by atoms with Crippen molar-refractivity contribution in [2.24, 2.45) is 0 Å². The highest BCUT2D eigenvalue weighted by Gasteiger charge is 2.22. The molecule has 0 saturated heterocycles. The molecule has 0 aliphatic heterocycles. The molecule has 1 aromatic rings. The van der Waals surface area contributed by atoms with Crippen molar-refractivity contribution in [2.45, 2.75) is 59.6 Å². The number of hydrogen-bond acceptors (Lipinski definition) is 3. The summed E-state index contributed by atoms with van der Waals surface area (Å²) in [5, 5.41) is 7.94. The maximum Gasteiger partial charge on any atom is 0.244 e. The van der Waals surface area contributed by atoms with Crippen LogP contribution in [0.4, 0.5) is 0 Å². The minimum absolute atomic E-state index is 0.0238. The van der Waals surface area contributed by atoms with E-state index < -0.39 is 0 Å². The van der Waals surface area contributed by atoms with Crippen LogP contribution < -0.4 is 5.32 Å². The molecule has 0 aliphatic rings. The summed E-state index contributed by atoms with van der Waals surface area (Å²) in [6, 6.07) is -0.317. The van der Waals surface area contributed by atoms with Gasteiger partial charge in [-0.3, -0.25) is 9.48 Å². The number of aryl methyl sites for hydroxylation is 1. The highest BCUT2D eigenvalue weighted by Crippen LogP contribution is 2.23. The van der Waals surface area contributed by atoms with E-state index in [2.05, 4.69) is 10.4 Å². The number of ether oxygens (including phenoxy) is 1. The van der Waals surface area contributed by atoms with Gasteiger partial charge in [-0.2, -0.15) is 5.10 Å². The molecule has 1 aromatic heterocycles. The van der Waals surface area contributed by atoms with Crippen LogP contribution >= 0.6 is 11.6 Å². The van der Waals surface area contributed by atoms with E-state index in [0.717, 1.165) is 17.8 Å². The molecular weight excluding hydrogens is 290 g/mol. The average molecular weight is 316 g/mol. The lowest BCUT2D eigenvalue weighted by atomic mass is 10.2. The van der Waals surface area contributed by atoms with Crippen molar-refractivity contribution in [2.75, 3.05) is 13.2 Å². The minimum Gasteiger partial charge on any atom is -0.379 e. The van der Waals surface area contributed by atoms with Crippen LogP contribution in [0.1, 0.15) is 51.0 Å². The second kappa shape index (κ2) is 8.39. The number of nitrogens with zero attached hydrogens (tertiary/aromatic N) is 2. The van der Waals surface area contributed by atoms with Crippen molar-refractivity contribution >= 4 is 17.5 Å². The predicted molar refractivity (Wildman–Crippen MR) is 84.8 cm³/mol. The first kappa shape index (κ1) is 18.0. The fraction of sp³-hybridized carbons (Fsp3) is 0.733. The molecule has 1 N–H and O–H groups in total. The lowest BCUT2D eigenvalue weighted by Gasteiger charge is -2.17. The molecule has 1 unspecified atom stereocenters. The van der Waals surface area contributed by atoms with E-state index in [1.165, 1.54) is 0 Å². The van der Waals surface area contributed by atoms with Gasteiger partial charge in [0.1, 0.15) is 6.04 Å². The zero-order valence-corrected chi connectivity index (χ0v) is 14.3. The minimum atomic E-state index is -0.317. The zero-order valence-electron chi connectivity index (χ0n) is 13.6. The van der Waals surface area contributed by atoms with E-state index in [0.29, 0.717) is 24.6 Å². The zero-order chi connectivity index (χ0) is 16.0. The number of nitrogens with one attached hydrogen (secondary N) is 1. The van der Waals surface area contributed by atoms with Crippen molar-refractivity contribution in [1.82, 2.24) is 15.1 Å². The first-order chi connectivity index (χ1) is 9.88. The Kier molecular flexibility index (Phi) is 7.18. The van der Waals surface area contributed by atoms with Gasteiger partial charge in [-0.15, -0.1) is 0 Å². The standard InChI is InChI=1S/C15H26ClN3O2/c1-6-13(19-12(5)14(16)11(4)18-19)15(20)17-8-7-9-21-10(2)3/h10,13H,6-9H2,1-5H3,(H,17,20). The van der Waals surface area contributed by atoms with Crippen LogP contribution in [0.5, 0.6) is 0 Å². The predicted octanol–water partition coefficient (Wildman–Crippen LogP) is 3.04. The van der Waals surface area contributed by atoms with Crippen LogP contribution in [0.25, 0.3) is 0 Å². The second-order valence-corrected chi connectivity index (χ2v) is 5.80. The van der Waals surface area contributed by atoms with Crippen LogP contribution in [0, 0.1) is 13.8 Å². The molecule has 21 heavy (non-hydrogen) atoms. The molecule has 0 aliphatic carbocycles. The second-order valence-electron chi connectivity index (χ2n) is 5.42. The summed E-state index contributed by atoms with van der Waals surface area (Å²) in [5.74, 6) is -0.0238. The van der Waals surface area contributed by atoms with Crippen LogP contribution in [0.2, 0.25) is 5.02 Å². The fourth-order valence-electron chi connectivity index (χ4n) is 2.14. The Bertz CT molecular complexity index is 472. The largest absolute Gasteiger partial charge is 0.379 e. The number of carbonyl (C=O) groups is 1. The van der Waals surface area contributed by atoms with Gasteiger partial charge in [-0.25, -0.2) is 0 Å². The lowest BCUT2D eigenvalue weighted by Crippen LogP contribution is -2.34. The molecule has 5 nitrogen and oxygen atoms in total. The summed E-state index contributed by atoms with van der Waals surface area (Å²) in [6.45, 7) is 11.0. The number of carbonyl (C=O) groups excluding carboxylic acids is 1. The third kappa shape index (κ3) is 5.00. The van der Waals surface area contributed by atoms with Crippen molar-refractivity contribution in [1.29, 1.82) is 0 Å². The number of halogens is 1. The van der Waals surface area contributed by atoms with Crippen LogP contribution in [0.3, 0.4) is 0 Å². The molecule has 120 valence electrons. The fourth-order valence-corrected chi connectivity index (χ4v) is 2.26. The Labute approximate surface area is 132 Å². The Balaban J connectivity index is 2.55. The number of rotatable bonds is 8. The van der Waals surface area contributed by atoms with E-state index in [1.807, 2.05) is 34.6 Å². The molecule has 0 aromatic carbocycles. The number of amides is 1. The van der Waals surface area contributed by atoms with Gasteiger partial charge in [0, 0.05) is 13.2 Å². The van der Waals surface area contributed by atoms with Crippen molar-refractivity contribution in [3.63, 3.8) is 0 Å². The molecule has 0 bridgehead atoms. The summed E-state index contributed by atoms with van der Waals surface area (Å²) in [4.78, 5) is 12.3. The Morgan fingerprint density at radius 2 is 2.10 bits per heavy atom. The van der Waals surface area contributed by atoms with Crippen molar-refractivity contribution in [3.05, 3.63) is 16.4 Å². The van der Waals surface area contributed by atoms with Crippen LogP contribution in [-0.4, -0.2) is 34.9 Å².